The molecule has 2 rings (SSSR count). The number of ether oxygens (including phenoxy) is 3. The van der Waals surface area contributed by atoms with Crippen molar-refractivity contribution in [2.75, 3.05) is 20.3 Å². The van der Waals surface area contributed by atoms with Crippen LogP contribution in [0, 0.1) is 11.3 Å². The number of rotatable bonds is 6. The van der Waals surface area contributed by atoms with Crippen LogP contribution in [0.5, 0.6) is 17.2 Å². The lowest BCUT2D eigenvalue weighted by molar-refractivity contribution is 0.211. The van der Waals surface area contributed by atoms with E-state index < -0.39 is 0 Å². The Morgan fingerprint density at radius 1 is 1.05 bits per heavy atom. The van der Waals surface area contributed by atoms with Gasteiger partial charge in [-0.25, -0.2) is 0 Å². The van der Waals surface area contributed by atoms with Gasteiger partial charge in [-0.3, -0.25) is 0 Å². The molecule has 0 spiro atoms. The van der Waals surface area contributed by atoms with Gasteiger partial charge in [-0.1, -0.05) is 23.2 Å². The Kier molecular flexibility index (Phi) is 5.76. The largest absolute Gasteiger partial charge is 0.493 e. The SMILES string of the molecule is COc1cc(C#N)cc(Cl)c1OCCOc1ccc(Cl)cc1. The van der Waals surface area contributed by atoms with Gasteiger partial charge in [0.25, 0.3) is 0 Å². The third-order valence-electron chi connectivity index (χ3n) is 2.77. The van der Waals surface area contributed by atoms with Gasteiger partial charge in [0.15, 0.2) is 11.5 Å². The predicted octanol–water partition coefficient (Wildman–Crippen LogP) is 4.33. The molecule has 2 aromatic rings. The maximum absolute atomic E-state index is 8.90. The summed E-state index contributed by atoms with van der Waals surface area (Å²) in [7, 11) is 1.49. The average Bonchev–Trinajstić information content (AvgIpc) is 2.53. The van der Waals surface area contributed by atoms with E-state index in [0.29, 0.717) is 39.5 Å². The van der Waals surface area contributed by atoms with E-state index in [4.69, 9.17) is 42.7 Å². The van der Waals surface area contributed by atoms with Crippen molar-refractivity contribution in [3.8, 4) is 23.3 Å². The summed E-state index contributed by atoms with van der Waals surface area (Å²) in [5.41, 5.74) is 0.409. The van der Waals surface area contributed by atoms with Crippen LogP contribution in [0.15, 0.2) is 36.4 Å². The topological polar surface area (TPSA) is 51.5 Å². The van der Waals surface area contributed by atoms with Crippen molar-refractivity contribution >= 4 is 23.2 Å². The first-order valence-corrected chi connectivity index (χ1v) is 7.18. The molecular weight excluding hydrogens is 325 g/mol. The van der Waals surface area contributed by atoms with Gasteiger partial charge in [-0.05, 0) is 30.3 Å². The molecule has 0 aliphatic rings. The maximum Gasteiger partial charge on any atom is 0.179 e. The molecule has 0 aromatic heterocycles. The lowest BCUT2D eigenvalue weighted by Crippen LogP contribution is -2.10. The fraction of sp³-hybridized carbons (Fsp3) is 0.188. The third kappa shape index (κ3) is 4.20. The van der Waals surface area contributed by atoms with E-state index in [1.165, 1.54) is 13.2 Å². The van der Waals surface area contributed by atoms with E-state index in [2.05, 4.69) is 0 Å². The zero-order valence-electron chi connectivity index (χ0n) is 11.8. The number of nitrogens with zero attached hydrogens (tertiary/aromatic N) is 1. The van der Waals surface area contributed by atoms with Gasteiger partial charge in [0.2, 0.25) is 0 Å². The van der Waals surface area contributed by atoms with Crippen LogP contribution in [0.4, 0.5) is 0 Å². The van der Waals surface area contributed by atoms with Crippen LogP contribution in [0.1, 0.15) is 5.56 Å². The molecule has 0 aliphatic heterocycles. The molecule has 0 saturated heterocycles. The Morgan fingerprint density at radius 2 is 1.73 bits per heavy atom. The molecular formula is C16H13Cl2NO3. The van der Waals surface area contributed by atoms with E-state index in [0.717, 1.165) is 0 Å². The molecule has 0 fully saturated rings. The monoisotopic (exact) mass is 337 g/mol. The van der Waals surface area contributed by atoms with Crippen molar-refractivity contribution in [3.05, 3.63) is 52.0 Å². The summed E-state index contributed by atoms with van der Waals surface area (Å²) in [6.45, 7) is 0.617. The first-order valence-electron chi connectivity index (χ1n) is 6.43. The van der Waals surface area contributed by atoms with Crippen LogP contribution in [-0.2, 0) is 0 Å². The normalized spacial score (nSPS) is 9.91. The second kappa shape index (κ2) is 7.79. The van der Waals surface area contributed by atoms with Crippen molar-refractivity contribution in [1.82, 2.24) is 0 Å². The number of halogens is 2. The standard InChI is InChI=1S/C16H13Cl2NO3/c1-20-15-9-11(10-19)8-14(18)16(15)22-7-6-21-13-4-2-12(17)3-5-13/h2-5,8-9H,6-7H2,1H3. The second-order valence-electron chi connectivity index (χ2n) is 4.25. The molecule has 0 N–H and O–H groups in total. The number of hydrogen-bond donors (Lipinski definition) is 0. The lowest BCUT2D eigenvalue weighted by Gasteiger charge is -2.13. The Bertz CT molecular complexity index is 681. The average molecular weight is 338 g/mol. The smallest absolute Gasteiger partial charge is 0.179 e. The molecule has 0 radical (unpaired) electrons. The zero-order chi connectivity index (χ0) is 15.9. The second-order valence-corrected chi connectivity index (χ2v) is 5.10. The molecule has 0 aliphatic carbocycles. The minimum atomic E-state index is 0.282. The zero-order valence-corrected chi connectivity index (χ0v) is 13.3. The van der Waals surface area contributed by atoms with Crippen molar-refractivity contribution in [3.63, 3.8) is 0 Å². The minimum absolute atomic E-state index is 0.282. The molecule has 6 heteroatoms. The molecule has 0 saturated carbocycles. The van der Waals surface area contributed by atoms with E-state index in [1.54, 1.807) is 30.3 Å². The highest BCUT2D eigenvalue weighted by molar-refractivity contribution is 6.32. The summed E-state index contributed by atoms with van der Waals surface area (Å²) in [6, 6.07) is 12.2. The lowest BCUT2D eigenvalue weighted by atomic mass is 10.2. The summed E-state index contributed by atoms with van der Waals surface area (Å²) in [4.78, 5) is 0. The fourth-order valence-electron chi connectivity index (χ4n) is 1.76. The summed E-state index contributed by atoms with van der Waals surface area (Å²) in [5.74, 6) is 1.50. The Morgan fingerprint density at radius 3 is 2.36 bits per heavy atom. The van der Waals surface area contributed by atoms with Gasteiger partial charge in [0, 0.05) is 11.1 Å². The number of benzene rings is 2. The molecule has 0 atom stereocenters. The fourth-order valence-corrected chi connectivity index (χ4v) is 2.15. The highest BCUT2D eigenvalue weighted by atomic mass is 35.5. The minimum Gasteiger partial charge on any atom is -0.493 e. The molecule has 22 heavy (non-hydrogen) atoms. The molecule has 0 amide bonds. The molecule has 2 aromatic carbocycles. The van der Waals surface area contributed by atoms with E-state index in [-0.39, 0.29) is 6.61 Å². The van der Waals surface area contributed by atoms with Crippen molar-refractivity contribution in [2.45, 2.75) is 0 Å². The summed E-state index contributed by atoms with van der Waals surface area (Å²) < 4.78 is 16.3. The van der Waals surface area contributed by atoms with Gasteiger partial charge in [0.1, 0.15) is 19.0 Å². The Balaban J connectivity index is 1.94. The third-order valence-corrected chi connectivity index (χ3v) is 3.30. The number of hydrogen-bond acceptors (Lipinski definition) is 4. The molecule has 0 heterocycles. The van der Waals surface area contributed by atoms with E-state index in [9.17, 15) is 0 Å². The summed E-state index contributed by atoms with van der Waals surface area (Å²) >= 11 is 11.9. The molecule has 0 unspecified atom stereocenters. The van der Waals surface area contributed by atoms with Crippen LogP contribution >= 0.6 is 23.2 Å². The summed E-state index contributed by atoms with van der Waals surface area (Å²) in [6.07, 6.45) is 0. The van der Waals surface area contributed by atoms with Crippen LogP contribution in [-0.4, -0.2) is 20.3 Å². The number of nitriles is 1. The van der Waals surface area contributed by atoms with E-state index in [1.807, 2.05) is 6.07 Å². The number of methoxy groups -OCH3 is 1. The molecule has 0 bridgehead atoms. The maximum atomic E-state index is 8.90. The summed E-state index contributed by atoms with van der Waals surface area (Å²) in [5, 5.41) is 9.87. The van der Waals surface area contributed by atoms with Gasteiger partial charge in [0.05, 0.1) is 23.8 Å². The van der Waals surface area contributed by atoms with Gasteiger partial charge in [-0.2, -0.15) is 5.26 Å². The van der Waals surface area contributed by atoms with Crippen LogP contribution in [0.2, 0.25) is 10.0 Å². The van der Waals surface area contributed by atoms with Gasteiger partial charge < -0.3 is 14.2 Å². The van der Waals surface area contributed by atoms with Crippen LogP contribution in [0.25, 0.3) is 0 Å². The highest BCUT2D eigenvalue weighted by Gasteiger charge is 2.12. The first kappa shape index (κ1) is 16.3. The van der Waals surface area contributed by atoms with Crippen LogP contribution < -0.4 is 14.2 Å². The van der Waals surface area contributed by atoms with Gasteiger partial charge in [-0.15, -0.1) is 0 Å². The van der Waals surface area contributed by atoms with Crippen molar-refractivity contribution in [1.29, 1.82) is 5.26 Å². The first-order chi connectivity index (χ1) is 10.6. The molecule has 114 valence electrons. The van der Waals surface area contributed by atoms with E-state index >= 15 is 0 Å². The Hall–Kier alpha value is -2.09. The predicted molar refractivity (Wildman–Crippen MR) is 85.2 cm³/mol. The Labute approximate surface area is 138 Å². The van der Waals surface area contributed by atoms with Crippen molar-refractivity contribution < 1.29 is 14.2 Å². The molecule has 4 nitrogen and oxygen atoms in total. The highest BCUT2D eigenvalue weighted by Crippen LogP contribution is 2.36. The van der Waals surface area contributed by atoms with Gasteiger partial charge >= 0.3 is 0 Å². The van der Waals surface area contributed by atoms with Crippen molar-refractivity contribution in [2.24, 2.45) is 0 Å². The quantitative estimate of drug-likeness (QED) is 0.736. The van der Waals surface area contributed by atoms with Crippen LogP contribution in [0.3, 0.4) is 0 Å².